The fourth-order valence-electron chi connectivity index (χ4n) is 3.80. The fraction of sp³-hybridized carbons (Fsp3) is 0.276. The van der Waals surface area contributed by atoms with Gasteiger partial charge in [0.2, 0.25) is 0 Å². The molecule has 2 aromatic carbocycles. The lowest BCUT2D eigenvalue weighted by Crippen LogP contribution is -2.02. The van der Waals surface area contributed by atoms with Crippen LogP contribution in [0.4, 0.5) is 0 Å². The van der Waals surface area contributed by atoms with E-state index in [1.54, 1.807) is 23.6 Å². The fourth-order valence-corrected chi connectivity index (χ4v) is 4.59. The van der Waals surface area contributed by atoms with Crippen molar-refractivity contribution in [1.29, 1.82) is 5.26 Å². The Morgan fingerprint density at radius 2 is 1.86 bits per heavy atom. The molecule has 2 aromatic heterocycles. The number of aromatic nitrogens is 1. The number of hydrogen-bond donors (Lipinski definition) is 0. The second-order valence-corrected chi connectivity index (χ2v) is 9.24. The topological polar surface area (TPSA) is 76.1 Å². The van der Waals surface area contributed by atoms with Crippen molar-refractivity contribution in [2.75, 3.05) is 6.61 Å². The first-order valence-electron chi connectivity index (χ1n) is 12.0. The lowest BCUT2D eigenvalue weighted by atomic mass is 10.1. The molecular formula is C29H28N2O3S. The van der Waals surface area contributed by atoms with Crippen molar-refractivity contribution in [3.8, 4) is 23.1 Å². The summed E-state index contributed by atoms with van der Waals surface area (Å²) >= 11 is 1.33. The molecule has 35 heavy (non-hydrogen) atoms. The molecule has 2 heterocycles. The molecule has 0 N–H and O–H groups in total. The second-order valence-electron chi connectivity index (χ2n) is 8.38. The molecule has 0 bridgehead atoms. The van der Waals surface area contributed by atoms with Crippen LogP contribution < -0.4 is 10.4 Å². The zero-order valence-electron chi connectivity index (χ0n) is 19.8. The highest BCUT2D eigenvalue weighted by molar-refractivity contribution is 7.11. The molecule has 0 aliphatic carbocycles. The Hall–Kier alpha value is -3.69. The van der Waals surface area contributed by atoms with Gasteiger partial charge in [0.1, 0.15) is 22.4 Å². The monoisotopic (exact) mass is 484 g/mol. The van der Waals surface area contributed by atoms with Crippen molar-refractivity contribution in [2.24, 2.45) is 0 Å². The number of nitriles is 1. The number of allylic oxidation sites excluding steroid dienone is 1. The van der Waals surface area contributed by atoms with E-state index in [-0.39, 0.29) is 0 Å². The summed E-state index contributed by atoms with van der Waals surface area (Å²) in [6.45, 7) is 2.94. The van der Waals surface area contributed by atoms with Gasteiger partial charge in [-0.2, -0.15) is 5.26 Å². The van der Waals surface area contributed by atoms with Gasteiger partial charge in [-0.15, -0.1) is 11.3 Å². The number of ether oxygens (including phenoxy) is 1. The van der Waals surface area contributed by atoms with Gasteiger partial charge >= 0.3 is 5.63 Å². The van der Waals surface area contributed by atoms with Gasteiger partial charge in [-0.1, -0.05) is 69.4 Å². The first-order chi connectivity index (χ1) is 17.2. The van der Waals surface area contributed by atoms with Gasteiger partial charge in [0.15, 0.2) is 0 Å². The van der Waals surface area contributed by atoms with Crippen LogP contribution in [-0.4, -0.2) is 11.6 Å². The van der Waals surface area contributed by atoms with Gasteiger partial charge in [-0.05, 0) is 42.3 Å². The molecule has 0 aliphatic heterocycles. The Morgan fingerprint density at radius 1 is 1.09 bits per heavy atom. The molecule has 4 aromatic rings. The number of fused-ring (bicyclic) bond motifs is 1. The standard InChI is InChI=1S/C29H28N2O3S/c1-2-3-4-5-6-9-16-33-24-14-12-21(13-15-24)17-23(19-30)28-31-26(20-35-28)25-18-22-10-7-8-11-27(22)34-29(25)32/h7-8,10-15,17-18,20H,2-6,9,16H2,1H3. The molecule has 0 atom stereocenters. The third kappa shape index (κ3) is 6.46. The number of benzene rings is 2. The lowest BCUT2D eigenvalue weighted by molar-refractivity contribution is 0.304. The molecule has 178 valence electrons. The van der Waals surface area contributed by atoms with Crippen LogP contribution in [0.1, 0.15) is 56.0 Å². The quantitative estimate of drug-likeness (QED) is 0.124. The molecule has 0 saturated carbocycles. The van der Waals surface area contributed by atoms with Gasteiger partial charge in [-0.25, -0.2) is 9.78 Å². The van der Waals surface area contributed by atoms with Gasteiger partial charge in [0.05, 0.1) is 23.4 Å². The van der Waals surface area contributed by atoms with Crippen LogP contribution in [0, 0.1) is 11.3 Å². The Kier molecular flexibility index (Phi) is 8.48. The highest BCUT2D eigenvalue weighted by Gasteiger charge is 2.14. The molecule has 0 amide bonds. The summed E-state index contributed by atoms with van der Waals surface area (Å²) in [5.41, 5.74) is 2.30. The van der Waals surface area contributed by atoms with Crippen LogP contribution in [0.15, 0.2) is 69.2 Å². The van der Waals surface area contributed by atoms with Gasteiger partial charge in [0.25, 0.3) is 0 Å². The predicted molar refractivity (Wildman–Crippen MR) is 142 cm³/mol. The average molecular weight is 485 g/mol. The average Bonchev–Trinajstić information content (AvgIpc) is 3.37. The summed E-state index contributed by atoms with van der Waals surface area (Å²) in [6, 6.07) is 19.1. The Bertz CT molecular complexity index is 1390. The minimum Gasteiger partial charge on any atom is -0.494 e. The number of rotatable bonds is 11. The van der Waals surface area contributed by atoms with E-state index >= 15 is 0 Å². The summed E-state index contributed by atoms with van der Waals surface area (Å²) in [5, 5.41) is 12.9. The normalized spacial score (nSPS) is 11.5. The molecule has 6 heteroatoms. The van der Waals surface area contributed by atoms with E-state index in [1.807, 2.05) is 42.5 Å². The summed E-state index contributed by atoms with van der Waals surface area (Å²) in [6.07, 6.45) is 9.19. The minimum atomic E-state index is -0.445. The van der Waals surface area contributed by atoms with E-state index in [0.717, 1.165) is 29.7 Å². The van der Waals surface area contributed by atoms with E-state index in [1.165, 1.54) is 43.4 Å². The van der Waals surface area contributed by atoms with Crippen LogP contribution in [0.3, 0.4) is 0 Å². The zero-order chi connectivity index (χ0) is 24.5. The maximum Gasteiger partial charge on any atom is 0.345 e. The first-order valence-corrected chi connectivity index (χ1v) is 12.9. The Balaban J connectivity index is 1.42. The summed E-state index contributed by atoms with van der Waals surface area (Å²) in [4.78, 5) is 17.0. The SMILES string of the molecule is CCCCCCCCOc1ccc(C=C(C#N)c2nc(-c3cc4ccccc4oc3=O)cs2)cc1. The van der Waals surface area contributed by atoms with Crippen LogP contribution in [0.25, 0.3) is 33.9 Å². The van der Waals surface area contributed by atoms with Crippen molar-refractivity contribution in [2.45, 2.75) is 45.4 Å². The summed E-state index contributed by atoms with van der Waals surface area (Å²) in [7, 11) is 0. The van der Waals surface area contributed by atoms with E-state index in [0.29, 0.717) is 27.4 Å². The third-order valence-corrected chi connectivity index (χ3v) is 6.61. The molecule has 0 aliphatic rings. The molecule has 0 fully saturated rings. The number of hydrogen-bond acceptors (Lipinski definition) is 6. The van der Waals surface area contributed by atoms with Crippen molar-refractivity contribution in [3.05, 3.63) is 81.0 Å². The van der Waals surface area contributed by atoms with E-state index in [9.17, 15) is 10.1 Å². The third-order valence-electron chi connectivity index (χ3n) is 5.73. The number of nitrogens with zero attached hydrogens (tertiary/aromatic N) is 2. The number of para-hydroxylation sites is 1. The van der Waals surface area contributed by atoms with E-state index in [2.05, 4.69) is 18.0 Å². The van der Waals surface area contributed by atoms with Crippen molar-refractivity contribution in [1.82, 2.24) is 4.98 Å². The maximum atomic E-state index is 12.5. The van der Waals surface area contributed by atoms with Gasteiger partial charge in [0, 0.05) is 10.8 Å². The van der Waals surface area contributed by atoms with Gasteiger partial charge in [-0.3, -0.25) is 0 Å². The van der Waals surface area contributed by atoms with Crippen molar-refractivity contribution >= 4 is 34.0 Å². The first kappa shape index (κ1) is 24.4. The van der Waals surface area contributed by atoms with Crippen molar-refractivity contribution in [3.63, 3.8) is 0 Å². The summed E-state index contributed by atoms with van der Waals surface area (Å²) in [5.74, 6) is 0.828. The van der Waals surface area contributed by atoms with Crippen LogP contribution in [-0.2, 0) is 0 Å². The predicted octanol–water partition coefficient (Wildman–Crippen LogP) is 7.72. The summed E-state index contributed by atoms with van der Waals surface area (Å²) < 4.78 is 11.3. The maximum absolute atomic E-state index is 12.5. The molecule has 0 saturated heterocycles. The smallest absolute Gasteiger partial charge is 0.345 e. The zero-order valence-corrected chi connectivity index (χ0v) is 20.6. The lowest BCUT2D eigenvalue weighted by Gasteiger charge is -2.06. The highest BCUT2D eigenvalue weighted by atomic mass is 32.1. The van der Waals surface area contributed by atoms with Gasteiger partial charge < -0.3 is 9.15 Å². The van der Waals surface area contributed by atoms with E-state index in [4.69, 9.17) is 9.15 Å². The Labute approximate surface area is 209 Å². The molecule has 0 radical (unpaired) electrons. The van der Waals surface area contributed by atoms with Crippen LogP contribution >= 0.6 is 11.3 Å². The Morgan fingerprint density at radius 3 is 2.66 bits per heavy atom. The molecule has 5 nitrogen and oxygen atoms in total. The molecule has 0 spiro atoms. The second kappa shape index (κ2) is 12.1. The van der Waals surface area contributed by atoms with Crippen LogP contribution in [0.5, 0.6) is 5.75 Å². The number of thiazole rings is 1. The van der Waals surface area contributed by atoms with E-state index < -0.39 is 5.63 Å². The largest absolute Gasteiger partial charge is 0.494 e. The molecule has 4 rings (SSSR count). The minimum absolute atomic E-state index is 0.385. The highest BCUT2D eigenvalue weighted by Crippen LogP contribution is 2.27. The van der Waals surface area contributed by atoms with Crippen LogP contribution in [0.2, 0.25) is 0 Å². The molecule has 0 unspecified atom stereocenters. The molecular weight excluding hydrogens is 456 g/mol. The van der Waals surface area contributed by atoms with Crippen molar-refractivity contribution < 1.29 is 9.15 Å². The number of unbranched alkanes of at least 4 members (excludes halogenated alkanes) is 5.